The van der Waals surface area contributed by atoms with Crippen LogP contribution in [0.25, 0.3) is 0 Å². The molecule has 28 heavy (non-hydrogen) atoms. The molecule has 8 heteroatoms. The average molecular weight is 386 g/mol. The molecule has 0 aliphatic carbocycles. The van der Waals surface area contributed by atoms with E-state index >= 15 is 0 Å². The van der Waals surface area contributed by atoms with E-state index in [1.54, 1.807) is 32.0 Å². The number of carboxylic acids is 1. The molecule has 0 saturated heterocycles. The largest absolute Gasteiger partial charge is 0.490 e. The zero-order chi connectivity index (χ0) is 20.7. The minimum absolute atomic E-state index is 0.204. The molecule has 2 amide bonds. The van der Waals surface area contributed by atoms with E-state index in [4.69, 9.17) is 14.6 Å². The molecular formula is C20H22N2O6. The normalized spacial score (nSPS) is 10.1. The molecule has 8 nitrogen and oxygen atoms in total. The molecule has 0 aliphatic heterocycles. The van der Waals surface area contributed by atoms with Crippen LogP contribution in [0.4, 0.5) is 11.4 Å². The number of hydrogen-bond acceptors (Lipinski definition) is 5. The molecule has 2 aromatic carbocycles. The first-order chi connectivity index (χ1) is 13.3. The minimum atomic E-state index is -1.11. The lowest BCUT2D eigenvalue weighted by atomic mass is 10.1. The zero-order valence-electron chi connectivity index (χ0n) is 15.9. The Balaban J connectivity index is 2.23. The quantitative estimate of drug-likeness (QED) is 0.642. The standard InChI is InChI=1S/C20H22N2O6/c1-4-27-18-10-14(8-9-17(18)28-11-19(24)25)20(26)22-16-7-5-6-15(12(16)2)21-13(3)23/h5-10H,4,11H2,1-3H3,(H,21,23)(H,22,26)(H,24,25). The average Bonchev–Trinajstić information content (AvgIpc) is 2.63. The highest BCUT2D eigenvalue weighted by Gasteiger charge is 2.14. The predicted molar refractivity (Wildman–Crippen MR) is 104 cm³/mol. The molecule has 148 valence electrons. The molecular weight excluding hydrogens is 364 g/mol. The van der Waals surface area contributed by atoms with Gasteiger partial charge in [-0.2, -0.15) is 0 Å². The number of ether oxygens (including phenoxy) is 2. The topological polar surface area (TPSA) is 114 Å². The maximum absolute atomic E-state index is 12.6. The van der Waals surface area contributed by atoms with E-state index in [1.165, 1.54) is 25.1 Å². The van der Waals surface area contributed by atoms with Crippen molar-refractivity contribution in [3.05, 3.63) is 47.5 Å². The van der Waals surface area contributed by atoms with Crippen molar-refractivity contribution < 1.29 is 29.0 Å². The number of carbonyl (C=O) groups is 3. The van der Waals surface area contributed by atoms with Crippen LogP contribution < -0.4 is 20.1 Å². The molecule has 0 aliphatic rings. The molecule has 0 unspecified atom stereocenters. The molecule has 2 rings (SSSR count). The SMILES string of the molecule is CCOc1cc(C(=O)Nc2cccc(NC(C)=O)c2C)ccc1OCC(=O)O. The molecule has 0 heterocycles. The lowest BCUT2D eigenvalue weighted by Gasteiger charge is -2.14. The van der Waals surface area contributed by atoms with Gasteiger partial charge in [0.05, 0.1) is 6.61 Å². The number of aliphatic carboxylic acids is 1. The lowest BCUT2D eigenvalue weighted by Crippen LogP contribution is -2.15. The van der Waals surface area contributed by atoms with Crippen LogP contribution in [0.3, 0.4) is 0 Å². The van der Waals surface area contributed by atoms with Crippen LogP contribution in [0.1, 0.15) is 29.8 Å². The fraction of sp³-hybridized carbons (Fsp3) is 0.250. The van der Waals surface area contributed by atoms with E-state index < -0.39 is 12.6 Å². The Hall–Kier alpha value is -3.55. The minimum Gasteiger partial charge on any atom is -0.490 e. The summed E-state index contributed by atoms with van der Waals surface area (Å²) in [5.74, 6) is -1.18. The molecule has 0 spiro atoms. The molecule has 0 atom stereocenters. The molecule has 0 aromatic heterocycles. The highest BCUT2D eigenvalue weighted by molar-refractivity contribution is 6.05. The summed E-state index contributed by atoms with van der Waals surface area (Å²) in [6.45, 7) is 4.78. The fourth-order valence-electron chi connectivity index (χ4n) is 2.47. The first-order valence-corrected chi connectivity index (χ1v) is 8.61. The number of amides is 2. The molecule has 0 fully saturated rings. The Labute approximate surface area is 162 Å². The van der Waals surface area contributed by atoms with Gasteiger partial charge in [0.15, 0.2) is 18.1 Å². The number of anilines is 2. The number of rotatable bonds is 8. The Morgan fingerprint density at radius 1 is 1.00 bits per heavy atom. The summed E-state index contributed by atoms with van der Waals surface area (Å²) in [4.78, 5) is 34.6. The van der Waals surface area contributed by atoms with Crippen molar-refractivity contribution in [3.63, 3.8) is 0 Å². The third kappa shape index (κ3) is 5.47. The Bertz CT molecular complexity index is 894. The number of hydrogen-bond donors (Lipinski definition) is 3. The van der Waals surface area contributed by atoms with Crippen LogP contribution in [-0.4, -0.2) is 36.1 Å². The van der Waals surface area contributed by atoms with Crippen molar-refractivity contribution in [2.75, 3.05) is 23.8 Å². The molecule has 0 bridgehead atoms. The van der Waals surface area contributed by atoms with Crippen molar-refractivity contribution in [3.8, 4) is 11.5 Å². The van der Waals surface area contributed by atoms with Crippen LogP contribution >= 0.6 is 0 Å². The number of nitrogens with one attached hydrogen (secondary N) is 2. The van der Waals surface area contributed by atoms with E-state index in [9.17, 15) is 14.4 Å². The number of carboxylic acid groups (broad SMARTS) is 1. The first-order valence-electron chi connectivity index (χ1n) is 8.61. The highest BCUT2D eigenvalue weighted by atomic mass is 16.5. The summed E-state index contributed by atoms with van der Waals surface area (Å²) in [5, 5.41) is 14.3. The second kappa shape index (κ2) is 9.40. The van der Waals surface area contributed by atoms with Crippen LogP contribution in [0, 0.1) is 6.92 Å². The van der Waals surface area contributed by atoms with E-state index in [2.05, 4.69) is 10.6 Å². The summed E-state index contributed by atoms with van der Waals surface area (Å²) in [7, 11) is 0. The summed E-state index contributed by atoms with van der Waals surface area (Å²) < 4.78 is 10.6. The Morgan fingerprint density at radius 3 is 2.29 bits per heavy atom. The van der Waals surface area contributed by atoms with Gasteiger partial charge in [0.25, 0.3) is 5.91 Å². The van der Waals surface area contributed by atoms with Crippen molar-refractivity contribution in [1.82, 2.24) is 0 Å². The Kier molecular flexibility index (Phi) is 6.97. The van der Waals surface area contributed by atoms with Crippen LogP contribution in [-0.2, 0) is 9.59 Å². The fourth-order valence-corrected chi connectivity index (χ4v) is 2.47. The van der Waals surface area contributed by atoms with Crippen molar-refractivity contribution in [2.45, 2.75) is 20.8 Å². The van der Waals surface area contributed by atoms with Crippen LogP contribution in [0.15, 0.2) is 36.4 Å². The third-order valence-electron chi connectivity index (χ3n) is 3.75. The van der Waals surface area contributed by atoms with Crippen molar-refractivity contribution in [1.29, 1.82) is 0 Å². The summed E-state index contributed by atoms with van der Waals surface area (Å²) in [5.41, 5.74) is 2.20. The van der Waals surface area contributed by atoms with E-state index in [-0.39, 0.29) is 23.3 Å². The smallest absolute Gasteiger partial charge is 0.341 e. The van der Waals surface area contributed by atoms with Gasteiger partial charge in [0.2, 0.25) is 5.91 Å². The van der Waals surface area contributed by atoms with Crippen LogP contribution in [0.2, 0.25) is 0 Å². The summed E-state index contributed by atoms with van der Waals surface area (Å²) >= 11 is 0. The highest BCUT2D eigenvalue weighted by Crippen LogP contribution is 2.29. The molecule has 3 N–H and O–H groups in total. The van der Waals surface area contributed by atoms with Gasteiger partial charge in [0.1, 0.15) is 0 Å². The third-order valence-corrected chi connectivity index (χ3v) is 3.75. The number of benzene rings is 2. The molecule has 0 radical (unpaired) electrons. The second-order valence-corrected chi connectivity index (χ2v) is 5.89. The van der Waals surface area contributed by atoms with Gasteiger partial charge in [-0.3, -0.25) is 9.59 Å². The monoisotopic (exact) mass is 386 g/mol. The maximum atomic E-state index is 12.6. The summed E-state index contributed by atoms with van der Waals surface area (Å²) in [6.07, 6.45) is 0. The van der Waals surface area contributed by atoms with Gasteiger partial charge in [0, 0.05) is 23.9 Å². The van der Waals surface area contributed by atoms with Crippen LogP contribution in [0.5, 0.6) is 11.5 Å². The van der Waals surface area contributed by atoms with Gasteiger partial charge < -0.3 is 25.2 Å². The molecule has 0 saturated carbocycles. The first kappa shape index (κ1) is 20.8. The summed E-state index contributed by atoms with van der Waals surface area (Å²) in [6, 6.07) is 9.69. The van der Waals surface area contributed by atoms with Gasteiger partial charge in [-0.25, -0.2) is 4.79 Å². The molecule has 2 aromatic rings. The maximum Gasteiger partial charge on any atom is 0.341 e. The zero-order valence-corrected chi connectivity index (χ0v) is 15.9. The predicted octanol–water partition coefficient (Wildman–Crippen LogP) is 3.07. The van der Waals surface area contributed by atoms with E-state index in [0.717, 1.165) is 5.56 Å². The number of carbonyl (C=O) groups excluding carboxylic acids is 2. The van der Waals surface area contributed by atoms with Gasteiger partial charge in [-0.15, -0.1) is 0 Å². The van der Waals surface area contributed by atoms with Gasteiger partial charge >= 0.3 is 5.97 Å². The van der Waals surface area contributed by atoms with Crippen molar-refractivity contribution >= 4 is 29.2 Å². The van der Waals surface area contributed by atoms with Crippen molar-refractivity contribution in [2.24, 2.45) is 0 Å². The van der Waals surface area contributed by atoms with E-state index in [0.29, 0.717) is 23.5 Å². The second-order valence-electron chi connectivity index (χ2n) is 5.89. The van der Waals surface area contributed by atoms with Gasteiger partial charge in [-0.1, -0.05) is 6.07 Å². The Morgan fingerprint density at radius 2 is 1.68 bits per heavy atom. The lowest BCUT2D eigenvalue weighted by molar-refractivity contribution is -0.139. The van der Waals surface area contributed by atoms with Gasteiger partial charge in [-0.05, 0) is 49.7 Å². The van der Waals surface area contributed by atoms with E-state index in [1.807, 2.05) is 0 Å².